The van der Waals surface area contributed by atoms with Crippen LogP contribution in [-0.2, 0) is 10.0 Å². The highest BCUT2D eigenvalue weighted by molar-refractivity contribution is 7.89. The zero-order valence-electron chi connectivity index (χ0n) is 11.1. The fourth-order valence-electron chi connectivity index (χ4n) is 2.32. The molecule has 2 N–H and O–H groups in total. The van der Waals surface area contributed by atoms with Gasteiger partial charge in [0.1, 0.15) is 0 Å². The van der Waals surface area contributed by atoms with E-state index < -0.39 is 10.0 Å². The maximum absolute atomic E-state index is 12.2. The molecule has 0 bridgehead atoms. The second-order valence-electron chi connectivity index (χ2n) is 5.34. The van der Waals surface area contributed by atoms with Gasteiger partial charge in [0, 0.05) is 12.6 Å². The lowest BCUT2D eigenvalue weighted by Gasteiger charge is -2.24. The summed E-state index contributed by atoms with van der Waals surface area (Å²) in [5.74, 6) is 0.735. The Kier molecular flexibility index (Phi) is 5.89. The third-order valence-electron chi connectivity index (χ3n) is 3.38. The van der Waals surface area contributed by atoms with Crippen LogP contribution in [0.1, 0.15) is 46.0 Å². The molecule has 0 saturated carbocycles. The van der Waals surface area contributed by atoms with Crippen LogP contribution in [0.5, 0.6) is 0 Å². The van der Waals surface area contributed by atoms with Gasteiger partial charge in [0.05, 0.1) is 5.75 Å². The molecule has 0 aromatic carbocycles. The maximum Gasteiger partial charge on any atom is 0.214 e. The Morgan fingerprint density at radius 3 is 2.71 bits per heavy atom. The molecule has 1 aliphatic heterocycles. The molecular weight excluding hydrogens is 236 g/mol. The van der Waals surface area contributed by atoms with Crippen LogP contribution in [0.15, 0.2) is 0 Å². The zero-order valence-corrected chi connectivity index (χ0v) is 11.9. The average molecular weight is 262 g/mol. The van der Waals surface area contributed by atoms with E-state index in [0.717, 1.165) is 32.1 Å². The standard InChI is InChI=1S/C12H26N2O2S/c1-11(2)7-10-17(15,16)14-9-4-6-12(14)5-3-8-13/h11-12H,3-10,13H2,1-2H3. The van der Waals surface area contributed by atoms with Gasteiger partial charge >= 0.3 is 0 Å². The number of nitrogens with zero attached hydrogens (tertiary/aromatic N) is 1. The normalized spacial score (nSPS) is 22.5. The van der Waals surface area contributed by atoms with E-state index in [9.17, 15) is 8.42 Å². The smallest absolute Gasteiger partial charge is 0.214 e. The summed E-state index contributed by atoms with van der Waals surface area (Å²) >= 11 is 0. The lowest BCUT2D eigenvalue weighted by atomic mass is 10.1. The van der Waals surface area contributed by atoms with E-state index in [2.05, 4.69) is 13.8 Å². The first-order valence-electron chi connectivity index (χ1n) is 6.67. The Morgan fingerprint density at radius 1 is 1.41 bits per heavy atom. The molecule has 1 fully saturated rings. The number of hydrogen-bond donors (Lipinski definition) is 1. The summed E-state index contributed by atoms with van der Waals surface area (Å²) in [7, 11) is -3.04. The van der Waals surface area contributed by atoms with Crippen molar-refractivity contribution in [3.8, 4) is 0 Å². The Labute approximate surface area is 106 Å². The van der Waals surface area contributed by atoms with Crippen molar-refractivity contribution in [2.45, 2.75) is 52.0 Å². The summed E-state index contributed by atoms with van der Waals surface area (Å²) in [6.45, 7) is 5.48. The van der Waals surface area contributed by atoms with Gasteiger partial charge in [-0.15, -0.1) is 0 Å². The molecule has 1 heterocycles. The van der Waals surface area contributed by atoms with Gasteiger partial charge in [0.2, 0.25) is 10.0 Å². The fraction of sp³-hybridized carbons (Fsp3) is 1.00. The molecule has 0 spiro atoms. The van der Waals surface area contributed by atoms with E-state index in [1.54, 1.807) is 4.31 Å². The first kappa shape index (κ1) is 14.9. The highest BCUT2D eigenvalue weighted by Crippen LogP contribution is 2.25. The van der Waals surface area contributed by atoms with Gasteiger partial charge in [-0.3, -0.25) is 0 Å². The van der Waals surface area contributed by atoms with Crippen LogP contribution in [0.3, 0.4) is 0 Å². The van der Waals surface area contributed by atoms with Crippen LogP contribution in [0, 0.1) is 5.92 Å². The first-order valence-corrected chi connectivity index (χ1v) is 8.28. The summed E-state index contributed by atoms with van der Waals surface area (Å²) in [4.78, 5) is 0. The molecule has 1 atom stereocenters. The highest BCUT2D eigenvalue weighted by Gasteiger charge is 2.33. The average Bonchev–Trinajstić information content (AvgIpc) is 2.72. The van der Waals surface area contributed by atoms with E-state index in [0.29, 0.717) is 24.8 Å². The predicted octanol–water partition coefficient (Wildman–Crippen LogP) is 1.57. The highest BCUT2D eigenvalue weighted by atomic mass is 32.2. The fourth-order valence-corrected chi connectivity index (χ4v) is 4.40. The summed E-state index contributed by atoms with van der Waals surface area (Å²) in [5.41, 5.74) is 5.49. The first-order chi connectivity index (χ1) is 7.97. The molecule has 0 radical (unpaired) electrons. The van der Waals surface area contributed by atoms with Crippen molar-refractivity contribution >= 4 is 10.0 Å². The molecule has 1 rings (SSSR count). The number of nitrogens with two attached hydrogens (primary N) is 1. The molecule has 0 aromatic rings. The van der Waals surface area contributed by atoms with Gasteiger partial charge < -0.3 is 5.73 Å². The summed E-state index contributed by atoms with van der Waals surface area (Å²) in [6, 6.07) is 0.204. The van der Waals surface area contributed by atoms with Crippen LogP contribution >= 0.6 is 0 Å². The van der Waals surface area contributed by atoms with Gasteiger partial charge in [0.15, 0.2) is 0 Å². The molecule has 0 aliphatic carbocycles. The quantitative estimate of drug-likeness (QED) is 0.757. The monoisotopic (exact) mass is 262 g/mol. The second-order valence-corrected chi connectivity index (χ2v) is 7.38. The SMILES string of the molecule is CC(C)CCS(=O)(=O)N1CCCC1CCCN. The second kappa shape index (κ2) is 6.71. The number of rotatable bonds is 7. The summed E-state index contributed by atoms with van der Waals surface area (Å²) in [5, 5.41) is 0. The minimum atomic E-state index is -3.04. The van der Waals surface area contributed by atoms with Crippen molar-refractivity contribution in [3.63, 3.8) is 0 Å². The van der Waals surface area contributed by atoms with Crippen molar-refractivity contribution in [2.75, 3.05) is 18.8 Å². The van der Waals surface area contributed by atoms with Crippen LogP contribution in [-0.4, -0.2) is 37.6 Å². The molecular formula is C12H26N2O2S. The molecule has 17 heavy (non-hydrogen) atoms. The van der Waals surface area contributed by atoms with Crippen LogP contribution in [0.4, 0.5) is 0 Å². The Hall–Kier alpha value is -0.130. The van der Waals surface area contributed by atoms with Gasteiger partial charge in [0.25, 0.3) is 0 Å². The third-order valence-corrected chi connectivity index (χ3v) is 5.32. The van der Waals surface area contributed by atoms with Crippen LogP contribution in [0.25, 0.3) is 0 Å². The van der Waals surface area contributed by atoms with E-state index in [1.807, 2.05) is 0 Å². The van der Waals surface area contributed by atoms with Crippen molar-refractivity contribution in [3.05, 3.63) is 0 Å². The molecule has 1 unspecified atom stereocenters. The van der Waals surface area contributed by atoms with Gasteiger partial charge in [-0.2, -0.15) is 4.31 Å². The number of sulfonamides is 1. The molecule has 1 saturated heterocycles. The number of hydrogen-bond acceptors (Lipinski definition) is 3. The Bertz CT molecular complexity index is 314. The minimum absolute atomic E-state index is 0.204. The molecule has 0 amide bonds. The van der Waals surface area contributed by atoms with E-state index in [4.69, 9.17) is 5.73 Å². The Balaban J connectivity index is 2.56. The molecule has 1 aliphatic rings. The van der Waals surface area contributed by atoms with Gasteiger partial charge in [-0.1, -0.05) is 13.8 Å². The Morgan fingerprint density at radius 2 is 2.12 bits per heavy atom. The maximum atomic E-state index is 12.2. The predicted molar refractivity (Wildman–Crippen MR) is 71.3 cm³/mol. The van der Waals surface area contributed by atoms with Gasteiger partial charge in [-0.25, -0.2) is 8.42 Å². The van der Waals surface area contributed by atoms with E-state index in [-0.39, 0.29) is 6.04 Å². The van der Waals surface area contributed by atoms with E-state index >= 15 is 0 Å². The molecule has 4 nitrogen and oxygen atoms in total. The van der Waals surface area contributed by atoms with Gasteiger partial charge in [-0.05, 0) is 44.6 Å². The van der Waals surface area contributed by atoms with E-state index in [1.165, 1.54) is 0 Å². The summed E-state index contributed by atoms with van der Waals surface area (Å²) < 4.78 is 26.1. The van der Waals surface area contributed by atoms with Crippen LogP contribution < -0.4 is 5.73 Å². The van der Waals surface area contributed by atoms with Crippen molar-refractivity contribution in [1.82, 2.24) is 4.31 Å². The minimum Gasteiger partial charge on any atom is -0.330 e. The third kappa shape index (κ3) is 4.56. The van der Waals surface area contributed by atoms with Crippen LogP contribution in [0.2, 0.25) is 0 Å². The molecule has 102 valence electrons. The van der Waals surface area contributed by atoms with Crippen molar-refractivity contribution < 1.29 is 8.42 Å². The largest absolute Gasteiger partial charge is 0.330 e. The summed E-state index contributed by atoms with van der Waals surface area (Å²) in [6.07, 6.45) is 4.58. The lowest BCUT2D eigenvalue weighted by molar-refractivity contribution is 0.364. The van der Waals surface area contributed by atoms with Crippen molar-refractivity contribution in [2.24, 2.45) is 11.7 Å². The lowest BCUT2D eigenvalue weighted by Crippen LogP contribution is -2.37. The molecule has 5 heteroatoms. The zero-order chi connectivity index (χ0) is 12.9. The van der Waals surface area contributed by atoms with Crippen molar-refractivity contribution in [1.29, 1.82) is 0 Å². The molecule has 0 aromatic heterocycles. The topological polar surface area (TPSA) is 63.4 Å².